The van der Waals surface area contributed by atoms with Gasteiger partial charge in [0.25, 0.3) is 0 Å². The maximum atomic E-state index is 9.42. The Morgan fingerprint density at radius 2 is 1.60 bits per heavy atom. The molecule has 0 bridgehead atoms. The maximum absolute atomic E-state index is 9.42. The van der Waals surface area contributed by atoms with Crippen LogP contribution in [0.2, 0.25) is 0 Å². The summed E-state index contributed by atoms with van der Waals surface area (Å²) in [4.78, 5) is 0. The van der Waals surface area contributed by atoms with Gasteiger partial charge in [0, 0.05) is 24.0 Å². The summed E-state index contributed by atoms with van der Waals surface area (Å²) in [6.07, 6.45) is 15.3. The van der Waals surface area contributed by atoms with Gasteiger partial charge in [-0.15, -0.1) is 0 Å². The van der Waals surface area contributed by atoms with Gasteiger partial charge < -0.3 is 19.3 Å². The normalized spacial score (nSPS) is 52.8. The van der Waals surface area contributed by atoms with Gasteiger partial charge in [0.15, 0.2) is 5.79 Å². The minimum atomic E-state index is -0.459. The van der Waals surface area contributed by atoms with Crippen molar-refractivity contribution in [1.82, 2.24) is 0 Å². The molecule has 4 nitrogen and oxygen atoms in total. The fourth-order valence-electron chi connectivity index (χ4n) is 12.1. The van der Waals surface area contributed by atoms with Gasteiger partial charge >= 0.3 is 0 Å². The number of rotatable bonds is 4. The lowest BCUT2D eigenvalue weighted by molar-refractivity contribution is -0.351. The van der Waals surface area contributed by atoms with Gasteiger partial charge in [-0.2, -0.15) is 0 Å². The number of ether oxygens (including phenoxy) is 3. The molecule has 4 heteroatoms. The zero-order valence-corrected chi connectivity index (χ0v) is 27.3. The standard InChI is InChI=1S/C36H60O4/c1-30(2)21-25-24-11-12-27-33(6)15-14-28-34(7,23-39-31(3,4)40-28)26(33)13-16-36(27,9)35(24,8)18-17-32(25,5)29(22-30)38-20-10-19-37/h11,25-29,37H,10,12-23H2,1-9H3/t25-,26?,27-,28?,29-,32-,33+,34?,35-,36-/m1/s1. The number of fused-ring (bicyclic) bond motifs is 9. The van der Waals surface area contributed by atoms with Crippen LogP contribution >= 0.6 is 0 Å². The third-order valence-corrected chi connectivity index (χ3v) is 14.6. The van der Waals surface area contributed by atoms with Crippen LogP contribution < -0.4 is 0 Å². The van der Waals surface area contributed by atoms with Crippen molar-refractivity contribution < 1.29 is 19.3 Å². The number of aliphatic hydroxyl groups excluding tert-OH is 1. The van der Waals surface area contributed by atoms with Crippen LogP contribution in [0, 0.1) is 50.2 Å². The Labute approximate surface area is 245 Å². The summed E-state index contributed by atoms with van der Waals surface area (Å²) in [5.74, 6) is 1.49. The maximum Gasteiger partial charge on any atom is 0.163 e. The van der Waals surface area contributed by atoms with Crippen molar-refractivity contribution in [3.05, 3.63) is 11.6 Å². The van der Waals surface area contributed by atoms with Crippen molar-refractivity contribution in [2.24, 2.45) is 50.2 Å². The average Bonchev–Trinajstić information content (AvgIpc) is 2.86. The van der Waals surface area contributed by atoms with Crippen molar-refractivity contribution >= 4 is 0 Å². The van der Waals surface area contributed by atoms with E-state index in [0.29, 0.717) is 41.3 Å². The highest BCUT2D eigenvalue weighted by Gasteiger charge is 2.70. The van der Waals surface area contributed by atoms with Crippen LogP contribution in [0.1, 0.15) is 127 Å². The Bertz CT molecular complexity index is 1030. The monoisotopic (exact) mass is 556 g/mol. The Morgan fingerprint density at radius 1 is 0.850 bits per heavy atom. The second-order valence-corrected chi connectivity index (χ2v) is 17.7. The largest absolute Gasteiger partial charge is 0.396 e. The highest BCUT2D eigenvalue weighted by Crippen LogP contribution is 2.76. The van der Waals surface area contributed by atoms with Crippen LogP contribution in [-0.4, -0.2) is 42.9 Å². The lowest BCUT2D eigenvalue weighted by atomic mass is 9.33. The minimum absolute atomic E-state index is 0.104. The first-order valence-corrected chi connectivity index (χ1v) is 16.8. The molecule has 5 aliphatic carbocycles. The molecule has 6 rings (SSSR count). The molecule has 0 radical (unpaired) electrons. The second-order valence-electron chi connectivity index (χ2n) is 17.7. The molecular formula is C36H60O4. The van der Waals surface area contributed by atoms with E-state index in [-0.39, 0.29) is 34.4 Å². The van der Waals surface area contributed by atoms with Gasteiger partial charge in [-0.1, -0.05) is 60.1 Å². The molecule has 1 aliphatic heterocycles. The lowest BCUT2D eigenvalue weighted by Gasteiger charge is -2.72. The zero-order valence-electron chi connectivity index (χ0n) is 27.3. The molecule has 0 aromatic carbocycles. The molecule has 1 saturated heterocycles. The van der Waals surface area contributed by atoms with E-state index in [0.717, 1.165) is 25.9 Å². The second kappa shape index (κ2) is 9.29. The van der Waals surface area contributed by atoms with E-state index in [1.54, 1.807) is 5.57 Å². The molecule has 6 aliphatic rings. The van der Waals surface area contributed by atoms with Crippen LogP contribution in [0.25, 0.3) is 0 Å². The summed E-state index contributed by atoms with van der Waals surface area (Å²) < 4.78 is 19.6. The summed E-state index contributed by atoms with van der Waals surface area (Å²) in [7, 11) is 0. The summed E-state index contributed by atoms with van der Waals surface area (Å²) in [5.41, 5.74) is 3.24. The van der Waals surface area contributed by atoms with Crippen LogP contribution in [0.15, 0.2) is 11.6 Å². The Balaban J connectivity index is 1.34. The molecule has 0 aromatic heterocycles. The van der Waals surface area contributed by atoms with E-state index in [1.807, 2.05) is 0 Å². The number of hydrogen-bond acceptors (Lipinski definition) is 4. The van der Waals surface area contributed by atoms with Crippen molar-refractivity contribution in [3.63, 3.8) is 0 Å². The van der Waals surface area contributed by atoms with E-state index in [4.69, 9.17) is 14.2 Å². The summed E-state index contributed by atoms with van der Waals surface area (Å²) >= 11 is 0. The minimum Gasteiger partial charge on any atom is -0.396 e. The molecule has 0 amide bonds. The predicted molar refractivity (Wildman–Crippen MR) is 161 cm³/mol. The van der Waals surface area contributed by atoms with Gasteiger partial charge in [0.05, 0.1) is 18.8 Å². The number of allylic oxidation sites excluding steroid dienone is 2. The molecule has 0 aromatic rings. The smallest absolute Gasteiger partial charge is 0.163 e. The SMILES string of the molecule is CC1(C)C[C@@H]2C3=CC[C@@H]4[C@@]5(C)CCC6OC(C)(C)OCC6(C)C5CC[C@@]4(C)[C@]3(C)CC[C@@]2(C)[C@H](OCCCO)C1. The van der Waals surface area contributed by atoms with Crippen LogP contribution in [-0.2, 0) is 14.2 Å². The first-order valence-electron chi connectivity index (χ1n) is 16.8. The fourth-order valence-corrected chi connectivity index (χ4v) is 12.1. The predicted octanol–water partition coefficient (Wildman–Crippen LogP) is 8.32. The molecule has 3 unspecified atom stereocenters. The van der Waals surface area contributed by atoms with E-state index in [1.165, 1.54) is 44.9 Å². The quantitative estimate of drug-likeness (QED) is 0.279. The fraction of sp³-hybridized carbons (Fsp3) is 0.944. The van der Waals surface area contributed by atoms with Crippen LogP contribution in [0.4, 0.5) is 0 Å². The van der Waals surface area contributed by atoms with E-state index in [9.17, 15) is 5.11 Å². The van der Waals surface area contributed by atoms with Gasteiger partial charge in [0.2, 0.25) is 0 Å². The van der Waals surface area contributed by atoms with Crippen molar-refractivity contribution in [1.29, 1.82) is 0 Å². The molecule has 40 heavy (non-hydrogen) atoms. The molecule has 228 valence electrons. The van der Waals surface area contributed by atoms with E-state index < -0.39 is 5.79 Å². The average molecular weight is 557 g/mol. The first-order chi connectivity index (χ1) is 18.5. The molecular weight excluding hydrogens is 496 g/mol. The third kappa shape index (κ3) is 4.04. The van der Waals surface area contributed by atoms with Crippen LogP contribution in [0.5, 0.6) is 0 Å². The van der Waals surface area contributed by atoms with E-state index in [2.05, 4.69) is 68.4 Å². The summed E-state index contributed by atoms with van der Waals surface area (Å²) in [6, 6.07) is 0. The number of hydrogen-bond donors (Lipinski definition) is 1. The Morgan fingerprint density at radius 3 is 2.33 bits per heavy atom. The molecule has 10 atom stereocenters. The molecule has 1 N–H and O–H groups in total. The van der Waals surface area contributed by atoms with Gasteiger partial charge in [-0.05, 0) is 117 Å². The molecule has 4 saturated carbocycles. The van der Waals surface area contributed by atoms with Gasteiger partial charge in [-0.25, -0.2) is 0 Å². The van der Waals surface area contributed by atoms with E-state index >= 15 is 0 Å². The topological polar surface area (TPSA) is 47.9 Å². The van der Waals surface area contributed by atoms with Crippen molar-refractivity contribution in [2.75, 3.05) is 19.8 Å². The number of aliphatic hydroxyl groups is 1. The lowest BCUT2D eigenvalue weighted by Crippen LogP contribution is -2.68. The Hall–Kier alpha value is -0.420. The highest BCUT2D eigenvalue weighted by atomic mass is 16.7. The molecule has 0 spiro atoms. The third-order valence-electron chi connectivity index (χ3n) is 14.6. The summed E-state index contributed by atoms with van der Waals surface area (Å²) in [6.45, 7) is 24.0. The van der Waals surface area contributed by atoms with Crippen molar-refractivity contribution in [2.45, 2.75) is 145 Å². The van der Waals surface area contributed by atoms with Gasteiger partial charge in [0.1, 0.15) is 0 Å². The van der Waals surface area contributed by atoms with Crippen molar-refractivity contribution in [3.8, 4) is 0 Å². The first kappa shape index (κ1) is 29.6. The zero-order chi connectivity index (χ0) is 29.0. The molecule has 5 fully saturated rings. The van der Waals surface area contributed by atoms with Crippen LogP contribution in [0.3, 0.4) is 0 Å². The summed E-state index contributed by atoms with van der Waals surface area (Å²) in [5, 5.41) is 9.42. The Kier molecular flexibility index (Phi) is 6.89. The molecule has 1 heterocycles. The van der Waals surface area contributed by atoms with Gasteiger partial charge in [-0.3, -0.25) is 0 Å². The highest BCUT2D eigenvalue weighted by molar-refractivity contribution is 5.34.